The number of halogens is 3. The van der Waals surface area contributed by atoms with Crippen molar-refractivity contribution in [2.24, 2.45) is 17.8 Å². The Hall–Kier alpha value is -4.23. The van der Waals surface area contributed by atoms with Crippen LogP contribution < -0.4 is 20.0 Å². The maximum Gasteiger partial charge on any atom is 0.488 e. The normalized spacial score (nSPS) is 29.8. The molecule has 2 saturated heterocycles. The molecule has 3 N–H and O–H groups in total. The highest BCUT2D eigenvalue weighted by Gasteiger charge is 2.76. The molecular formula is C33H26BCl2FN2O8. The number of phenols is 1. The molecule has 14 heteroatoms. The van der Waals surface area contributed by atoms with Gasteiger partial charge in [-0.15, -0.1) is 23.2 Å². The van der Waals surface area contributed by atoms with E-state index in [9.17, 15) is 38.7 Å². The van der Waals surface area contributed by atoms with Gasteiger partial charge in [-0.05, 0) is 78.3 Å². The smallest absolute Gasteiger partial charge is 0.488 e. The number of nitrogens with zero attached hydrogens (tertiary/aromatic N) is 2. The van der Waals surface area contributed by atoms with E-state index in [4.69, 9.17) is 27.9 Å². The minimum atomic E-state index is -2.16. The number of rotatable bonds is 5. The first-order chi connectivity index (χ1) is 22.3. The minimum absolute atomic E-state index is 0.0475. The first-order valence-corrected chi connectivity index (χ1v) is 15.5. The maximum absolute atomic E-state index is 14.4. The van der Waals surface area contributed by atoms with Crippen LogP contribution in [-0.4, -0.2) is 62.8 Å². The molecule has 0 radical (unpaired) electrons. The molecule has 0 bridgehead atoms. The highest BCUT2D eigenvalue weighted by molar-refractivity contribution is 6.59. The molecule has 2 aliphatic carbocycles. The lowest BCUT2D eigenvalue weighted by Gasteiger charge is -2.50. The molecule has 1 saturated carbocycles. The number of imide groups is 2. The van der Waals surface area contributed by atoms with Crippen molar-refractivity contribution in [2.75, 3.05) is 16.9 Å². The lowest BCUT2D eigenvalue weighted by atomic mass is 9.56. The average Bonchev–Trinajstić information content (AvgIpc) is 3.39. The SMILES string of the molecule is COc1ccc([C@H]2C3=CC[C@@H]4C(=O)N(c5cccc(B(O)O)c5)C(=O)[C@@H]4[C@@H]3C[C@@]3(Cl)C(=O)N(c4ccc(F)cc4)C(=O)[C@@]23Cl)cc1O. The largest absolute Gasteiger partial charge is 0.504 e. The topological polar surface area (TPSA) is 145 Å². The van der Waals surface area contributed by atoms with Gasteiger partial charge in [-0.1, -0.05) is 29.8 Å². The number of hydrogen-bond donors (Lipinski definition) is 3. The second-order valence-electron chi connectivity index (χ2n) is 12.2. The Kier molecular flexibility index (Phi) is 7.29. The van der Waals surface area contributed by atoms with Crippen LogP contribution in [0.4, 0.5) is 15.8 Å². The molecule has 10 nitrogen and oxygen atoms in total. The summed E-state index contributed by atoms with van der Waals surface area (Å²) in [5.74, 6) is -7.36. The van der Waals surface area contributed by atoms with Crippen LogP contribution in [0.15, 0.2) is 78.4 Å². The zero-order chi connectivity index (χ0) is 33.6. The van der Waals surface area contributed by atoms with Crippen molar-refractivity contribution in [2.45, 2.75) is 28.5 Å². The molecule has 7 rings (SSSR count). The Morgan fingerprint density at radius 2 is 1.62 bits per heavy atom. The van der Waals surface area contributed by atoms with E-state index in [1.54, 1.807) is 12.1 Å². The first-order valence-electron chi connectivity index (χ1n) is 14.8. The summed E-state index contributed by atoms with van der Waals surface area (Å²) < 4.78 is 19.0. The fourth-order valence-corrected chi connectivity index (χ4v) is 8.67. The molecule has 240 valence electrons. The van der Waals surface area contributed by atoms with Gasteiger partial charge in [0, 0.05) is 5.92 Å². The van der Waals surface area contributed by atoms with Crippen molar-refractivity contribution in [3.63, 3.8) is 0 Å². The van der Waals surface area contributed by atoms with E-state index >= 15 is 0 Å². The number of methoxy groups -OCH3 is 1. The molecule has 0 unspecified atom stereocenters. The number of hydrogen-bond acceptors (Lipinski definition) is 8. The fraction of sp³-hybridized carbons (Fsp3) is 0.273. The summed E-state index contributed by atoms with van der Waals surface area (Å²) in [6.45, 7) is 0. The van der Waals surface area contributed by atoms with E-state index < -0.39 is 70.0 Å². The monoisotopic (exact) mass is 678 g/mol. The minimum Gasteiger partial charge on any atom is -0.504 e. The van der Waals surface area contributed by atoms with Gasteiger partial charge in [0.05, 0.1) is 30.3 Å². The van der Waals surface area contributed by atoms with Crippen LogP contribution in [0, 0.1) is 23.6 Å². The number of phenolic OH excluding ortho intramolecular Hbond substituents is 1. The molecule has 2 aliphatic heterocycles. The predicted octanol–water partition coefficient (Wildman–Crippen LogP) is 2.99. The third kappa shape index (κ3) is 4.31. The number of allylic oxidation sites excluding steroid dienone is 2. The van der Waals surface area contributed by atoms with Crippen LogP contribution in [0.25, 0.3) is 0 Å². The second-order valence-corrected chi connectivity index (χ2v) is 13.4. The third-order valence-corrected chi connectivity index (χ3v) is 11.3. The number of amides is 4. The maximum atomic E-state index is 14.4. The summed E-state index contributed by atoms with van der Waals surface area (Å²) in [5.41, 5.74) is 1.10. The van der Waals surface area contributed by atoms with E-state index in [0.29, 0.717) is 11.1 Å². The van der Waals surface area contributed by atoms with Gasteiger partial charge in [-0.25, -0.2) is 9.29 Å². The molecule has 0 aromatic heterocycles. The molecule has 6 atom stereocenters. The molecule has 4 aliphatic rings. The average molecular weight is 679 g/mol. The van der Waals surface area contributed by atoms with E-state index in [1.165, 1.54) is 55.6 Å². The van der Waals surface area contributed by atoms with Gasteiger partial charge in [0.2, 0.25) is 11.8 Å². The lowest BCUT2D eigenvalue weighted by molar-refractivity contribution is -0.125. The number of carbonyl (C=O) groups excluding carboxylic acids is 4. The molecule has 4 amide bonds. The van der Waals surface area contributed by atoms with Gasteiger partial charge in [-0.2, -0.15) is 0 Å². The predicted molar refractivity (Wildman–Crippen MR) is 170 cm³/mol. The summed E-state index contributed by atoms with van der Waals surface area (Å²) in [4.78, 5) is 54.3. The van der Waals surface area contributed by atoms with Crippen LogP contribution in [0.2, 0.25) is 0 Å². The molecular weight excluding hydrogens is 653 g/mol. The summed E-state index contributed by atoms with van der Waals surface area (Å²) in [7, 11) is -0.464. The standard InChI is InChI=1S/C33H26BCl2FN2O8/c1-47-25-12-5-16(13-24(25)40)27-21-10-11-22-26(29(42)38(28(22)41)20-4-2-3-17(14-20)34(45)46)23(21)15-32(35)30(43)39(31(44)33(27,32)36)19-8-6-18(37)7-9-19/h2-10,12-14,22-23,26-27,40,45-46H,11,15H2,1H3/t22-,23+,26-,27-,32+,33-/m0/s1. The van der Waals surface area contributed by atoms with E-state index in [0.717, 1.165) is 21.9 Å². The number of benzene rings is 3. The highest BCUT2D eigenvalue weighted by Crippen LogP contribution is 2.66. The number of anilines is 2. The van der Waals surface area contributed by atoms with E-state index in [1.807, 2.05) is 0 Å². The van der Waals surface area contributed by atoms with Crippen molar-refractivity contribution < 1.29 is 43.5 Å². The van der Waals surface area contributed by atoms with Crippen molar-refractivity contribution in [1.29, 1.82) is 0 Å². The van der Waals surface area contributed by atoms with Crippen LogP contribution in [0.5, 0.6) is 11.5 Å². The van der Waals surface area contributed by atoms with Gasteiger partial charge in [0.1, 0.15) is 5.82 Å². The lowest BCUT2D eigenvalue weighted by Crippen LogP contribution is -2.60. The third-order valence-electron chi connectivity index (χ3n) is 9.86. The summed E-state index contributed by atoms with van der Waals surface area (Å²) >= 11 is 14.7. The summed E-state index contributed by atoms with van der Waals surface area (Å²) in [5, 5.41) is 30.2. The molecule has 3 aromatic rings. The van der Waals surface area contributed by atoms with Crippen LogP contribution in [0.3, 0.4) is 0 Å². The van der Waals surface area contributed by atoms with Gasteiger partial charge < -0.3 is 19.9 Å². The first kappa shape index (κ1) is 31.4. The Bertz CT molecular complexity index is 1910. The molecule has 3 aromatic carbocycles. The van der Waals surface area contributed by atoms with E-state index in [-0.39, 0.29) is 41.2 Å². The Morgan fingerprint density at radius 1 is 0.894 bits per heavy atom. The zero-order valence-corrected chi connectivity index (χ0v) is 26.2. The fourth-order valence-electron chi connectivity index (χ4n) is 7.74. The molecule has 0 spiro atoms. The van der Waals surface area contributed by atoms with Crippen LogP contribution >= 0.6 is 23.2 Å². The van der Waals surface area contributed by atoms with Crippen molar-refractivity contribution in [3.05, 3.63) is 89.8 Å². The molecule has 2 heterocycles. The van der Waals surface area contributed by atoms with Gasteiger partial charge in [0.25, 0.3) is 11.8 Å². The number of carbonyl (C=O) groups is 4. The number of aromatic hydroxyl groups is 1. The summed E-state index contributed by atoms with van der Waals surface area (Å²) in [6.07, 6.45) is 1.57. The van der Waals surface area contributed by atoms with Gasteiger partial charge in [0.15, 0.2) is 21.2 Å². The van der Waals surface area contributed by atoms with Crippen molar-refractivity contribution >= 4 is 70.8 Å². The Morgan fingerprint density at radius 3 is 2.28 bits per heavy atom. The number of alkyl halides is 2. The number of fused-ring (bicyclic) bond motifs is 4. The van der Waals surface area contributed by atoms with Crippen molar-refractivity contribution in [3.8, 4) is 11.5 Å². The Labute approximate surface area is 278 Å². The van der Waals surface area contributed by atoms with Gasteiger partial charge >= 0.3 is 7.12 Å². The highest BCUT2D eigenvalue weighted by atomic mass is 35.5. The molecule has 47 heavy (non-hydrogen) atoms. The Balaban J connectivity index is 1.38. The quantitative estimate of drug-likeness (QED) is 0.162. The zero-order valence-electron chi connectivity index (χ0n) is 24.6. The molecule has 3 fully saturated rings. The van der Waals surface area contributed by atoms with Crippen LogP contribution in [-0.2, 0) is 19.2 Å². The summed E-state index contributed by atoms with van der Waals surface area (Å²) in [6, 6.07) is 14.9. The second kappa shape index (κ2) is 10.9. The van der Waals surface area contributed by atoms with Crippen LogP contribution in [0.1, 0.15) is 24.3 Å². The number of ether oxygens (including phenoxy) is 1. The van der Waals surface area contributed by atoms with Gasteiger partial charge in [-0.3, -0.25) is 24.1 Å². The van der Waals surface area contributed by atoms with Crippen molar-refractivity contribution in [1.82, 2.24) is 0 Å². The van der Waals surface area contributed by atoms with E-state index in [2.05, 4.69) is 0 Å².